The lowest BCUT2D eigenvalue weighted by atomic mass is 10.1. The Labute approximate surface area is 169 Å². The summed E-state index contributed by atoms with van der Waals surface area (Å²) in [5, 5.41) is 2.77. The van der Waals surface area contributed by atoms with E-state index in [9.17, 15) is 22.8 Å². The van der Waals surface area contributed by atoms with Crippen LogP contribution in [0.1, 0.15) is 21.5 Å². The predicted molar refractivity (Wildman–Crippen MR) is 107 cm³/mol. The summed E-state index contributed by atoms with van der Waals surface area (Å²) in [5.41, 5.74) is 2.49. The minimum absolute atomic E-state index is 0.0377. The summed E-state index contributed by atoms with van der Waals surface area (Å²) in [5.74, 6) is -1.83. The summed E-state index contributed by atoms with van der Waals surface area (Å²) in [6, 6.07) is 11.4. The molecule has 0 aliphatic carbocycles. The summed E-state index contributed by atoms with van der Waals surface area (Å²) in [6.07, 6.45) is 0. The number of fused-ring (bicyclic) bond motifs is 1. The molecule has 0 fully saturated rings. The fraction of sp³-hybridized carbons (Fsp3) is 0.250. The van der Waals surface area contributed by atoms with Crippen molar-refractivity contribution < 1.29 is 22.8 Å². The van der Waals surface area contributed by atoms with E-state index in [4.69, 9.17) is 0 Å². The van der Waals surface area contributed by atoms with Crippen LogP contribution in [-0.2, 0) is 19.6 Å². The molecule has 1 aliphatic heterocycles. The van der Waals surface area contributed by atoms with Crippen molar-refractivity contribution in [2.75, 3.05) is 25.5 Å². The largest absolute Gasteiger partial charge is 0.335 e. The number of anilines is 1. The highest BCUT2D eigenvalue weighted by atomic mass is 32.2. The van der Waals surface area contributed by atoms with E-state index >= 15 is 0 Å². The standard InChI is InChI=1S/C20H21N3O5S/c1-13-7-6-8-14(2)19(13)21-17(24)11-22(3)18(25)12-23-20(26)15-9-4-5-10-16(15)29(23,27)28/h4-10H,11-12H2,1-3H3,(H,21,24). The molecule has 0 spiro atoms. The van der Waals surface area contributed by atoms with Gasteiger partial charge in [0.1, 0.15) is 11.4 Å². The van der Waals surface area contributed by atoms with Gasteiger partial charge in [0.2, 0.25) is 11.8 Å². The second-order valence-corrected chi connectivity index (χ2v) is 8.71. The molecule has 152 valence electrons. The molecule has 2 aromatic carbocycles. The number of para-hydroxylation sites is 1. The van der Waals surface area contributed by atoms with Gasteiger partial charge in [-0.1, -0.05) is 30.3 Å². The zero-order valence-electron chi connectivity index (χ0n) is 16.3. The number of aryl methyl sites for hydroxylation is 2. The number of carbonyl (C=O) groups is 3. The van der Waals surface area contributed by atoms with Gasteiger partial charge in [-0.3, -0.25) is 14.4 Å². The number of hydrogen-bond donors (Lipinski definition) is 1. The second kappa shape index (κ2) is 7.67. The molecule has 3 amide bonds. The molecule has 3 rings (SSSR count). The Kier molecular flexibility index (Phi) is 5.43. The molecule has 0 unspecified atom stereocenters. The summed E-state index contributed by atoms with van der Waals surface area (Å²) in [6.45, 7) is 2.78. The first-order valence-electron chi connectivity index (χ1n) is 8.89. The lowest BCUT2D eigenvalue weighted by molar-refractivity contribution is -0.133. The predicted octanol–water partition coefficient (Wildman–Crippen LogP) is 1.55. The van der Waals surface area contributed by atoms with Crippen molar-refractivity contribution in [3.8, 4) is 0 Å². The van der Waals surface area contributed by atoms with Crippen molar-refractivity contribution >= 4 is 33.4 Å². The van der Waals surface area contributed by atoms with Gasteiger partial charge in [0.05, 0.1) is 12.1 Å². The molecule has 29 heavy (non-hydrogen) atoms. The molecule has 0 radical (unpaired) electrons. The smallest absolute Gasteiger partial charge is 0.269 e. The number of hydrogen-bond acceptors (Lipinski definition) is 5. The monoisotopic (exact) mass is 415 g/mol. The van der Waals surface area contributed by atoms with Crippen LogP contribution in [0.5, 0.6) is 0 Å². The topological polar surface area (TPSA) is 104 Å². The molecule has 0 saturated heterocycles. The first-order valence-corrected chi connectivity index (χ1v) is 10.3. The summed E-state index contributed by atoms with van der Waals surface area (Å²) < 4.78 is 25.6. The number of nitrogens with zero attached hydrogens (tertiary/aromatic N) is 2. The molecule has 1 N–H and O–H groups in total. The summed E-state index contributed by atoms with van der Waals surface area (Å²) >= 11 is 0. The fourth-order valence-electron chi connectivity index (χ4n) is 3.12. The summed E-state index contributed by atoms with van der Waals surface area (Å²) in [7, 11) is -2.69. The first-order chi connectivity index (χ1) is 13.6. The van der Waals surface area contributed by atoms with E-state index < -0.39 is 34.3 Å². The van der Waals surface area contributed by atoms with Gasteiger partial charge in [-0.05, 0) is 37.1 Å². The number of carbonyl (C=O) groups excluding carboxylic acids is 3. The third-order valence-electron chi connectivity index (χ3n) is 4.74. The number of likely N-dealkylation sites (N-methyl/N-ethyl adjacent to an activating group) is 1. The number of amides is 3. The molecule has 0 aromatic heterocycles. The molecule has 2 aromatic rings. The Bertz CT molecular complexity index is 1090. The van der Waals surface area contributed by atoms with E-state index in [0.717, 1.165) is 16.0 Å². The van der Waals surface area contributed by atoms with E-state index in [2.05, 4.69) is 5.32 Å². The average Bonchev–Trinajstić information content (AvgIpc) is 2.86. The Balaban J connectivity index is 1.67. The average molecular weight is 415 g/mol. The van der Waals surface area contributed by atoms with Gasteiger partial charge in [-0.15, -0.1) is 0 Å². The van der Waals surface area contributed by atoms with Gasteiger partial charge in [0.15, 0.2) is 0 Å². The van der Waals surface area contributed by atoms with Gasteiger partial charge < -0.3 is 10.2 Å². The van der Waals surface area contributed by atoms with Crippen LogP contribution in [0.25, 0.3) is 0 Å². The fourth-order valence-corrected chi connectivity index (χ4v) is 4.64. The maximum absolute atomic E-state index is 12.5. The number of nitrogens with one attached hydrogen (secondary N) is 1. The van der Waals surface area contributed by atoms with Crippen molar-refractivity contribution in [2.24, 2.45) is 0 Å². The van der Waals surface area contributed by atoms with E-state index in [0.29, 0.717) is 9.99 Å². The third-order valence-corrected chi connectivity index (χ3v) is 6.53. The van der Waals surface area contributed by atoms with Crippen LogP contribution < -0.4 is 5.32 Å². The van der Waals surface area contributed by atoms with Crippen molar-refractivity contribution in [1.82, 2.24) is 9.21 Å². The first kappa shape index (κ1) is 20.5. The van der Waals surface area contributed by atoms with Crippen LogP contribution in [0.15, 0.2) is 47.4 Å². The zero-order valence-corrected chi connectivity index (χ0v) is 17.1. The van der Waals surface area contributed by atoms with Gasteiger partial charge in [-0.25, -0.2) is 12.7 Å². The Morgan fingerprint density at radius 2 is 1.66 bits per heavy atom. The summed E-state index contributed by atoms with van der Waals surface area (Å²) in [4.78, 5) is 38.2. The van der Waals surface area contributed by atoms with E-state index in [-0.39, 0.29) is 17.0 Å². The van der Waals surface area contributed by atoms with E-state index in [1.807, 2.05) is 32.0 Å². The van der Waals surface area contributed by atoms with Crippen LogP contribution >= 0.6 is 0 Å². The second-order valence-electron chi connectivity index (χ2n) is 6.88. The minimum atomic E-state index is -4.08. The lowest BCUT2D eigenvalue weighted by Crippen LogP contribution is -2.43. The molecule has 8 nitrogen and oxygen atoms in total. The Hall–Kier alpha value is -3.20. The molecular formula is C20H21N3O5S. The maximum Gasteiger partial charge on any atom is 0.269 e. The molecule has 1 heterocycles. The third kappa shape index (κ3) is 3.86. The van der Waals surface area contributed by atoms with E-state index in [1.165, 1.54) is 25.2 Å². The quantitative estimate of drug-likeness (QED) is 0.798. The van der Waals surface area contributed by atoms with Crippen molar-refractivity contribution in [1.29, 1.82) is 0 Å². The lowest BCUT2D eigenvalue weighted by Gasteiger charge is -2.21. The zero-order chi connectivity index (χ0) is 21.3. The highest BCUT2D eigenvalue weighted by Crippen LogP contribution is 2.29. The van der Waals surface area contributed by atoms with Crippen LogP contribution in [0, 0.1) is 13.8 Å². The highest BCUT2D eigenvalue weighted by Gasteiger charge is 2.42. The molecule has 9 heteroatoms. The minimum Gasteiger partial charge on any atom is -0.335 e. The molecule has 1 aliphatic rings. The molecular weight excluding hydrogens is 394 g/mol. The van der Waals surface area contributed by atoms with Gasteiger partial charge in [-0.2, -0.15) is 0 Å². The van der Waals surface area contributed by atoms with E-state index in [1.54, 1.807) is 6.07 Å². The van der Waals surface area contributed by atoms with Crippen molar-refractivity contribution in [3.63, 3.8) is 0 Å². The Morgan fingerprint density at radius 1 is 1.03 bits per heavy atom. The van der Waals surface area contributed by atoms with Gasteiger partial charge >= 0.3 is 0 Å². The van der Waals surface area contributed by atoms with Crippen molar-refractivity contribution in [3.05, 3.63) is 59.2 Å². The highest BCUT2D eigenvalue weighted by molar-refractivity contribution is 7.90. The SMILES string of the molecule is Cc1cccc(C)c1NC(=O)CN(C)C(=O)CN1C(=O)c2ccccc2S1(=O)=O. The van der Waals surface area contributed by atoms with Crippen LogP contribution in [0.2, 0.25) is 0 Å². The molecule has 0 bridgehead atoms. The number of benzene rings is 2. The maximum atomic E-state index is 12.5. The van der Waals surface area contributed by atoms with Crippen LogP contribution in [0.4, 0.5) is 5.69 Å². The van der Waals surface area contributed by atoms with Crippen LogP contribution in [-0.4, -0.2) is 55.5 Å². The number of rotatable bonds is 5. The molecule has 0 saturated carbocycles. The van der Waals surface area contributed by atoms with Crippen LogP contribution in [0.3, 0.4) is 0 Å². The molecule has 0 atom stereocenters. The Morgan fingerprint density at radius 3 is 2.28 bits per heavy atom. The van der Waals surface area contributed by atoms with Gasteiger partial charge in [0.25, 0.3) is 15.9 Å². The van der Waals surface area contributed by atoms with Crippen molar-refractivity contribution in [2.45, 2.75) is 18.7 Å². The number of sulfonamides is 1. The normalized spacial score (nSPS) is 14.4. The van der Waals surface area contributed by atoms with Gasteiger partial charge in [0, 0.05) is 12.7 Å².